The Bertz CT molecular complexity index is 1070. The lowest BCUT2D eigenvalue weighted by atomic mass is 10.1. The van der Waals surface area contributed by atoms with Crippen LogP contribution in [0.3, 0.4) is 0 Å². The van der Waals surface area contributed by atoms with Crippen molar-refractivity contribution in [2.24, 2.45) is 0 Å². The van der Waals surface area contributed by atoms with Gasteiger partial charge in [0.05, 0.1) is 13.2 Å². The fraction of sp³-hybridized carbons (Fsp3) is 0.721. The van der Waals surface area contributed by atoms with Crippen LogP contribution in [-0.2, 0) is 32.7 Å². The third-order valence-corrected chi connectivity index (χ3v) is 9.29. The normalized spacial score (nSPS) is 14.1. The van der Waals surface area contributed by atoms with Crippen LogP contribution in [0, 0.1) is 0 Å². The van der Waals surface area contributed by atoms with Gasteiger partial charge in [-0.05, 0) is 91.1 Å². The maximum absolute atomic E-state index is 12.6. The second kappa shape index (κ2) is 38.0. The zero-order valence-corrected chi connectivity index (χ0v) is 34.8. The molecule has 0 bridgehead atoms. The summed E-state index contributed by atoms with van der Waals surface area (Å²) in [5, 5.41) is 0. The first kappa shape index (κ1) is 50.7. The number of hydrogen-bond acceptors (Lipinski definition) is 8. The zero-order chi connectivity index (χ0) is 39.1. The number of likely N-dealkylation sites (N-methyl/N-ethyl adjacent to an activating group) is 1. The van der Waals surface area contributed by atoms with Gasteiger partial charge in [-0.3, -0.25) is 18.6 Å². The maximum Gasteiger partial charge on any atom is 0.472 e. The molecule has 0 spiro atoms. The lowest BCUT2D eigenvalue weighted by Crippen LogP contribution is -2.29. The summed E-state index contributed by atoms with van der Waals surface area (Å²) in [6.07, 6.45) is 42.6. The Hall–Kier alpha value is -2.29. The average molecular weight is 766 g/mol. The van der Waals surface area contributed by atoms with Crippen LogP contribution < -0.4 is 0 Å². The maximum atomic E-state index is 12.6. The second-order valence-electron chi connectivity index (χ2n) is 13.8. The summed E-state index contributed by atoms with van der Waals surface area (Å²) in [6.45, 7) is 4.13. The molecule has 0 radical (unpaired) electrons. The van der Waals surface area contributed by atoms with Crippen molar-refractivity contribution in [3.63, 3.8) is 0 Å². The predicted octanol–water partition coefficient (Wildman–Crippen LogP) is 11.5. The Morgan fingerprint density at radius 2 is 1.08 bits per heavy atom. The van der Waals surface area contributed by atoms with Gasteiger partial charge in [-0.25, -0.2) is 4.57 Å². The van der Waals surface area contributed by atoms with Crippen molar-refractivity contribution < 1.29 is 37.6 Å². The van der Waals surface area contributed by atoms with Gasteiger partial charge < -0.3 is 19.3 Å². The summed E-state index contributed by atoms with van der Waals surface area (Å²) in [4.78, 5) is 36.9. The van der Waals surface area contributed by atoms with E-state index in [-0.39, 0.29) is 26.1 Å². The van der Waals surface area contributed by atoms with E-state index < -0.39 is 32.5 Å². The van der Waals surface area contributed by atoms with Gasteiger partial charge in [-0.1, -0.05) is 126 Å². The standard InChI is InChI=1S/C43H76NO8P/c1-5-7-9-11-13-15-17-19-20-21-22-24-25-27-29-31-33-35-42(45)49-39-41(40-51-53(47,48)50-38-37-44(3)4)52-43(46)36-34-32-30-28-26-23-18-16-14-12-10-8-6-2/h7,9,13,15-16,18-20,22,24,41H,5-6,8,10-12,14,17,21,23,25-40H2,1-4H3,(H,47,48)/b9-7-,15-13-,18-16-,20-19-,24-22-. The molecule has 53 heavy (non-hydrogen) atoms. The highest BCUT2D eigenvalue weighted by atomic mass is 31.2. The van der Waals surface area contributed by atoms with E-state index in [1.54, 1.807) is 0 Å². The second-order valence-corrected chi connectivity index (χ2v) is 15.2. The van der Waals surface area contributed by atoms with Crippen molar-refractivity contribution in [2.45, 2.75) is 161 Å². The number of carbonyl (C=O) groups excluding carboxylic acids is 2. The third kappa shape index (κ3) is 39.2. The first-order valence-corrected chi connectivity index (χ1v) is 22.1. The molecule has 0 amide bonds. The van der Waals surface area contributed by atoms with Gasteiger partial charge in [-0.2, -0.15) is 0 Å². The monoisotopic (exact) mass is 766 g/mol. The quantitative estimate of drug-likeness (QED) is 0.0286. The van der Waals surface area contributed by atoms with E-state index in [9.17, 15) is 19.0 Å². The summed E-state index contributed by atoms with van der Waals surface area (Å²) < 4.78 is 33.4. The molecular formula is C43H76NO8P. The minimum absolute atomic E-state index is 0.000997. The summed E-state index contributed by atoms with van der Waals surface area (Å²) in [6, 6.07) is 0. The molecule has 0 aliphatic heterocycles. The van der Waals surface area contributed by atoms with Crippen molar-refractivity contribution in [3.05, 3.63) is 60.8 Å². The minimum Gasteiger partial charge on any atom is -0.462 e. The summed E-state index contributed by atoms with van der Waals surface area (Å²) in [7, 11) is -0.733. The number of nitrogens with zero attached hydrogens (tertiary/aromatic N) is 1. The van der Waals surface area contributed by atoms with Crippen LogP contribution in [0.4, 0.5) is 0 Å². The smallest absolute Gasteiger partial charge is 0.462 e. The number of unbranched alkanes of at least 4 members (excludes halogenated alkanes) is 13. The van der Waals surface area contributed by atoms with E-state index in [2.05, 4.69) is 74.6 Å². The SMILES string of the molecule is CC/C=C\C/C=C\C/C=C\C/C=C\CCCCCCC(=O)OCC(COP(=O)(O)OCCN(C)C)OC(=O)CCCCCCC/C=C\CCCCCC. The van der Waals surface area contributed by atoms with Crippen LogP contribution in [-0.4, -0.2) is 68.3 Å². The molecule has 0 aromatic carbocycles. The van der Waals surface area contributed by atoms with Gasteiger partial charge in [0.2, 0.25) is 0 Å². The molecule has 0 aromatic heterocycles. The number of carbonyl (C=O) groups is 2. The summed E-state index contributed by atoms with van der Waals surface area (Å²) >= 11 is 0. The molecule has 10 heteroatoms. The van der Waals surface area contributed by atoms with E-state index >= 15 is 0 Å². The zero-order valence-electron chi connectivity index (χ0n) is 33.9. The van der Waals surface area contributed by atoms with Crippen molar-refractivity contribution in [1.82, 2.24) is 4.90 Å². The Kier molecular flexibility index (Phi) is 36.4. The molecule has 2 unspecified atom stereocenters. The molecule has 9 nitrogen and oxygen atoms in total. The lowest BCUT2D eigenvalue weighted by molar-refractivity contribution is -0.161. The van der Waals surface area contributed by atoms with Crippen LogP contribution >= 0.6 is 7.82 Å². The largest absolute Gasteiger partial charge is 0.472 e. The first-order valence-electron chi connectivity index (χ1n) is 20.6. The van der Waals surface area contributed by atoms with Gasteiger partial charge in [0, 0.05) is 19.4 Å². The van der Waals surface area contributed by atoms with Crippen LogP contribution in [0.2, 0.25) is 0 Å². The molecule has 0 saturated carbocycles. The molecule has 306 valence electrons. The van der Waals surface area contributed by atoms with E-state index in [4.69, 9.17) is 18.5 Å². The molecule has 0 rings (SSSR count). The molecule has 2 atom stereocenters. The number of phosphoric ester groups is 1. The molecule has 1 N–H and O–H groups in total. The van der Waals surface area contributed by atoms with Crippen molar-refractivity contribution in [1.29, 1.82) is 0 Å². The number of phosphoric acid groups is 1. The fourth-order valence-electron chi connectivity index (χ4n) is 5.14. The molecule has 0 saturated heterocycles. The van der Waals surface area contributed by atoms with E-state index in [1.807, 2.05) is 19.0 Å². The molecule has 0 heterocycles. The highest BCUT2D eigenvalue weighted by Crippen LogP contribution is 2.43. The van der Waals surface area contributed by atoms with Gasteiger partial charge in [0.15, 0.2) is 6.10 Å². The van der Waals surface area contributed by atoms with Crippen molar-refractivity contribution in [3.8, 4) is 0 Å². The van der Waals surface area contributed by atoms with Crippen molar-refractivity contribution in [2.75, 3.05) is 40.5 Å². The average Bonchev–Trinajstić information content (AvgIpc) is 3.12. The summed E-state index contributed by atoms with van der Waals surface area (Å²) in [5.74, 6) is -0.846. The molecule has 0 aliphatic rings. The van der Waals surface area contributed by atoms with Gasteiger partial charge in [0.1, 0.15) is 6.61 Å². The highest BCUT2D eigenvalue weighted by Gasteiger charge is 2.26. The number of hydrogen-bond donors (Lipinski definition) is 1. The van der Waals surface area contributed by atoms with Crippen LogP contribution in [0.5, 0.6) is 0 Å². The van der Waals surface area contributed by atoms with Gasteiger partial charge >= 0.3 is 19.8 Å². The predicted molar refractivity (Wildman–Crippen MR) is 220 cm³/mol. The molecular weight excluding hydrogens is 689 g/mol. The Balaban J connectivity index is 4.38. The lowest BCUT2D eigenvalue weighted by Gasteiger charge is -2.20. The van der Waals surface area contributed by atoms with Crippen LogP contribution in [0.15, 0.2) is 60.8 Å². The Morgan fingerprint density at radius 3 is 1.62 bits per heavy atom. The van der Waals surface area contributed by atoms with E-state index in [1.165, 1.54) is 32.1 Å². The highest BCUT2D eigenvalue weighted by molar-refractivity contribution is 7.47. The van der Waals surface area contributed by atoms with E-state index in [0.29, 0.717) is 19.4 Å². The molecule has 0 aromatic rings. The number of esters is 2. The van der Waals surface area contributed by atoms with Crippen molar-refractivity contribution >= 4 is 19.8 Å². The topological polar surface area (TPSA) is 112 Å². The third-order valence-electron chi connectivity index (χ3n) is 8.31. The number of rotatable bonds is 37. The molecule has 0 aliphatic carbocycles. The summed E-state index contributed by atoms with van der Waals surface area (Å²) in [5.41, 5.74) is 0. The van der Waals surface area contributed by atoms with E-state index in [0.717, 1.165) is 83.5 Å². The Morgan fingerprint density at radius 1 is 0.604 bits per heavy atom. The first-order chi connectivity index (χ1) is 25.7. The van der Waals surface area contributed by atoms with Gasteiger partial charge in [-0.15, -0.1) is 0 Å². The van der Waals surface area contributed by atoms with Crippen LogP contribution in [0.1, 0.15) is 155 Å². The van der Waals surface area contributed by atoms with Gasteiger partial charge in [0.25, 0.3) is 0 Å². The minimum atomic E-state index is -4.37. The Labute approximate surface area is 323 Å². The number of allylic oxidation sites excluding steroid dienone is 10. The van der Waals surface area contributed by atoms with Crippen LogP contribution in [0.25, 0.3) is 0 Å². The molecule has 0 fully saturated rings. The number of ether oxygens (including phenoxy) is 2. The fourth-order valence-corrected chi connectivity index (χ4v) is 5.88.